The summed E-state index contributed by atoms with van der Waals surface area (Å²) in [5.74, 6) is -0.522. The molecule has 0 aliphatic carbocycles. The van der Waals surface area contributed by atoms with Crippen molar-refractivity contribution in [2.24, 2.45) is 0 Å². The van der Waals surface area contributed by atoms with Gasteiger partial charge in [-0.2, -0.15) is 0 Å². The Morgan fingerprint density at radius 3 is 1.38 bits per heavy atom. The lowest BCUT2D eigenvalue weighted by atomic mass is 10.2. The largest absolute Gasteiger partial charge is 0.225 e. The number of hydrogen-bond donors (Lipinski definition) is 0. The van der Waals surface area contributed by atoms with Crippen LogP contribution < -0.4 is 0 Å². The van der Waals surface area contributed by atoms with Crippen LogP contribution in [0.2, 0.25) is 0 Å². The van der Waals surface area contributed by atoms with Gasteiger partial charge in [-0.05, 0) is 11.1 Å². The van der Waals surface area contributed by atoms with Crippen LogP contribution in [0.4, 0.5) is 0 Å². The molecule has 6 nitrogen and oxygen atoms in total. The van der Waals surface area contributed by atoms with Crippen molar-refractivity contribution < 1.29 is 16.8 Å². The molecule has 0 aliphatic rings. The van der Waals surface area contributed by atoms with Crippen LogP contribution in [0.3, 0.4) is 0 Å². The predicted octanol–water partition coefficient (Wildman–Crippen LogP) is 2.42. The van der Waals surface area contributed by atoms with Gasteiger partial charge in [0.1, 0.15) is 6.33 Å². The fourth-order valence-electron chi connectivity index (χ4n) is 2.40. The summed E-state index contributed by atoms with van der Waals surface area (Å²) in [5, 5.41) is -0.606. The molecule has 0 amide bonds. The first-order valence-corrected chi connectivity index (χ1v) is 11.0. The van der Waals surface area contributed by atoms with E-state index in [4.69, 9.17) is 0 Å². The van der Waals surface area contributed by atoms with E-state index in [-0.39, 0.29) is 21.6 Å². The number of rotatable bonds is 6. The maximum atomic E-state index is 12.6. The van der Waals surface area contributed by atoms with E-state index in [0.29, 0.717) is 11.1 Å². The molecule has 0 N–H and O–H groups in total. The molecule has 3 aromatic rings. The highest BCUT2D eigenvalue weighted by molar-refractivity contribution is 7.91. The first-order chi connectivity index (χ1) is 12.4. The summed E-state index contributed by atoms with van der Waals surface area (Å²) in [6.07, 6.45) is 0.968. The molecule has 0 atom stereocenters. The SMILES string of the molecule is O=S(=O)(Cc1ccccc1)c1cc(S(=O)(=O)Cc2ccccc2)ncn1. The third-order valence-electron chi connectivity index (χ3n) is 3.65. The molecule has 26 heavy (non-hydrogen) atoms. The van der Waals surface area contributed by atoms with Crippen molar-refractivity contribution in [1.29, 1.82) is 0 Å². The summed E-state index contributed by atoms with van der Waals surface area (Å²) in [7, 11) is -7.57. The monoisotopic (exact) mass is 388 g/mol. The molecule has 1 heterocycles. The Morgan fingerprint density at radius 1 is 0.615 bits per heavy atom. The third kappa shape index (κ3) is 4.33. The van der Waals surface area contributed by atoms with E-state index in [1.165, 1.54) is 0 Å². The lowest BCUT2D eigenvalue weighted by molar-refractivity contribution is 0.586. The van der Waals surface area contributed by atoms with Crippen LogP contribution in [0.1, 0.15) is 11.1 Å². The molecule has 0 radical (unpaired) electrons. The van der Waals surface area contributed by atoms with Crippen molar-refractivity contribution >= 4 is 19.7 Å². The minimum Gasteiger partial charge on any atom is -0.225 e. The topological polar surface area (TPSA) is 94.1 Å². The zero-order valence-corrected chi connectivity index (χ0v) is 15.3. The van der Waals surface area contributed by atoms with Gasteiger partial charge in [-0.3, -0.25) is 0 Å². The second-order valence-electron chi connectivity index (χ2n) is 5.68. The molecule has 8 heteroatoms. The van der Waals surface area contributed by atoms with E-state index in [2.05, 4.69) is 9.97 Å². The molecular weight excluding hydrogens is 372 g/mol. The summed E-state index contributed by atoms with van der Waals surface area (Å²) in [6.45, 7) is 0. The van der Waals surface area contributed by atoms with Crippen molar-refractivity contribution in [3.63, 3.8) is 0 Å². The summed E-state index contributed by atoms with van der Waals surface area (Å²) in [6, 6.07) is 18.3. The fourth-order valence-corrected chi connectivity index (χ4v) is 5.03. The van der Waals surface area contributed by atoms with E-state index >= 15 is 0 Å². The van der Waals surface area contributed by atoms with E-state index in [0.717, 1.165) is 12.4 Å². The number of nitrogens with zero attached hydrogens (tertiary/aromatic N) is 2. The van der Waals surface area contributed by atoms with E-state index < -0.39 is 19.7 Å². The van der Waals surface area contributed by atoms with Crippen LogP contribution in [0, 0.1) is 0 Å². The Kier molecular flexibility index (Phi) is 5.15. The Morgan fingerprint density at radius 2 is 1.00 bits per heavy atom. The average molecular weight is 388 g/mol. The average Bonchev–Trinajstić information content (AvgIpc) is 2.63. The van der Waals surface area contributed by atoms with Crippen LogP contribution in [0.5, 0.6) is 0 Å². The molecule has 134 valence electrons. The Labute approximate surface area is 152 Å². The van der Waals surface area contributed by atoms with Gasteiger partial charge in [0.15, 0.2) is 29.7 Å². The maximum absolute atomic E-state index is 12.6. The van der Waals surface area contributed by atoms with Gasteiger partial charge in [-0.1, -0.05) is 60.7 Å². The second-order valence-corrected chi connectivity index (χ2v) is 9.56. The first kappa shape index (κ1) is 18.2. The summed E-state index contributed by atoms with van der Waals surface area (Å²) < 4.78 is 50.2. The second kappa shape index (κ2) is 7.35. The van der Waals surface area contributed by atoms with Crippen LogP contribution in [0.15, 0.2) is 83.1 Å². The number of hydrogen-bond acceptors (Lipinski definition) is 6. The molecule has 0 saturated carbocycles. The zero-order chi connectivity index (χ0) is 18.6. The molecular formula is C18H16N2O4S2. The highest BCUT2D eigenvalue weighted by atomic mass is 32.2. The minimum atomic E-state index is -3.78. The first-order valence-electron chi connectivity index (χ1n) is 7.72. The molecule has 0 saturated heterocycles. The maximum Gasteiger partial charge on any atom is 0.199 e. The van der Waals surface area contributed by atoms with E-state index in [1.54, 1.807) is 60.7 Å². The van der Waals surface area contributed by atoms with Gasteiger partial charge in [-0.25, -0.2) is 26.8 Å². The minimum absolute atomic E-state index is 0.261. The van der Waals surface area contributed by atoms with Crippen molar-refractivity contribution in [3.05, 3.63) is 84.2 Å². The molecule has 0 bridgehead atoms. The predicted molar refractivity (Wildman–Crippen MR) is 96.7 cm³/mol. The van der Waals surface area contributed by atoms with Crippen molar-refractivity contribution in [2.75, 3.05) is 0 Å². The quantitative estimate of drug-likeness (QED) is 0.602. The lowest BCUT2D eigenvalue weighted by Gasteiger charge is -2.07. The summed E-state index contributed by atoms with van der Waals surface area (Å²) in [5.41, 5.74) is 1.19. The van der Waals surface area contributed by atoms with Gasteiger partial charge in [0.05, 0.1) is 11.5 Å². The molecule has 2 aromatic carbocycles. The molecule has 0 spiro atoms. The van der Waals surface area contributed by atoms with E-state index in [1.807, 2.05) is 0 Å². The molecule has 0 aliphatic heterocycles. The van der Waals surface area contributed by atoms with Crippen molar-refractivity contribution in [2.45, 2.75) is 21.6 Å². The van der Waals surface area contributed by atoms with Crippen LogP contribution in [-0.4, -0.2) is 26.8 Å². The Hall–Kier alpha value is -2.58. The summed E-state index contributed by atoms with van der Waals surface area (Å²) >= 11 is 0. The highest BCUT2D eigenvalue weighted by Gasteiger charge is 2.23. The third-order valence-corrected chi connectivity index (χ3v) is 6.80. The van der Waals surface area contributed by atoms with Gasteiger partial charge in [0.25, 0.3) is 0 Å². The Balaban J connectivity index is 1.90. The van der Waals surface area contributed by atoms with Crippen LogP contribution >= 0.6 is 0 Å². The summed E-state index contributed by atoms with van der Waals surface area (Å²) in [4.78, 5) is 7.53. The zero-order valence-electron chi connectivity index (χ0n) is 13.7. The molecule has 0 unspecified atom stereocenters. The number of aromatic nitrogens is 2. The lowest BCUT2D eigenvalue weighted by Crippen LogP contribution is -2.12. The standard InChI is InChI=1S/C18H16N2O4S2/c21-25(22,12-15-7-3-1-4-8-15)17-11-18(20-14-19-17)26(23,24)13-16-9-5-2-6-10-16/h1-11,14H,12-13H2. The van der Waals surface area contributed by atoms with Gasteiger partial charge in [0, 0.05) is 6.07 Å². The van der Waals surface area contributed by atoms with Crippen LogP contribution in [-0.2, 0) is 31.2 Å². The molecule has 1 aromatic heterocycles. The molecule has 0 fully saturated rings. The smallest absolute Gasteiger partial charge is 0.199 e. The highest BCUT2D eigenvalue weighted by Crippen LogP contribution is 2.19. The normalized spacial score (nSPS) is 12.0. The molecule has 3 rings (SSSR count). The Bertz CT molecular complexity index is 1010. The van der Waals surface area contributed by atoms with Gasteiger partial charge >= 0.3 is 0 Å². The van der Waals surface area contributed by atoms with Gasteiger partial charge in [0.2, 0.25) is 0 Å². The van der Waals surface area contributed by atoms with Gasteiger partial charge < -0.3 is 0 Å². The van der Waals surface area contributed by atoms with E-state index in [9.17, 15) is 16.8 Å². The van der Waals surface area contributed by atoms with Crippen molar-refractivity contribution in [3.8, 4) is 0 Å². The fraction of sp³-hybridized carbons (Fsp3) is 0.111. The van der Waals surface area contributed by atoms with Crippen molar-refractivity contribution in [1.82, 2.24) is 9.97 Å². The number of benzene rings is 2. The van der Waals surface area contributed by atoms with Gasteiger partial charge in [-0.15, -0.1) is 0 Å². The van der Waals surface area contributed by atoms with Crippen LogP contribution in [0.25, 0.3) is 0 Å². The number of sulfone groups is 2.